The van der Waals surface area contributed by atoms with Gasteiger partial charge in [-0.25, -0.2) is 9.78 Å². The van der Waals surface area contributed by atoms with Crippen LogP contribution in [0.4, 0.5) is 0 Å². The summed E-state index contributed by atoms with van der Waals surface area (Å²) in [7, 11) is 1.55. The highest BCUT2D eigenvalue weighted by Gasteiger charge is 2.07. The summed E-state index contributed by atoms with van der Waals surface area (Å²) < 4.78 is 5.03. The Labute approximate surface area is 143 Å². The molecule has 0 radical (unpaired) electrons. The highest BCUT2D eigenvalue weighted by atomic mass is 35.5. The van der Waals surface area contributed by atoms with Gasteiger partial charge in [-0.3, -0.25) is 0 Å². The zero-order chi connectivity index (χ0) is 16.9. The first-order valence-electron chi connectivity index (χ1n) is 7.11. The van der Waals surface area contributed by atoms with E-state index >= 15 is 0 Å². The van der Waals surface area contributed by atoms with Gasteiger partial charge in [0.15, 0.2) is 0 Å². The van der Waals surface area contributed by atoms with Gasteiger partial charge in [-0.1, -0.05) is 35.0 Å². The summed E-state index contributed by atoms with van der Waals surface area (Å²) >= 11 is 6.11. The highest BCUT2D eigenvalue weighted by Crippen LogP contribution is 2.19. The summed E-state index contributed by atoms with van der Waals surface area (Å²) in [6, 6.07) is 15.9. The molecule has 5 nitrogen and oxygen atoms in total. The number of methoxy groups -OCH3 is 1. The maximum Gasteiger partial charge on any atom is 0.365 e. The average molecular weight is 341 g/mol. The molecule has 0 spiro atoms. The van der Waals surface area contributed by atoms with Crippen LogP contribution in [0.1, 0.15) is 15.9 Å². The molecule has 0 N–H and O–H groups in total. The Morgan fingerprint density at radius 1 is 1.17 bits per heavy atom. The van der Waals surface area contributed by atoms with Gasteiger partial charge in [0.25, 0.3) is 0 Å². The second kappa shape index (κ2) is 7.10. The lowest BCUT2D eigenvalue weighted by Crippen LogP contribution is -2.01. The van der Waals surface area contributed by atoms with Crippen LogP contribution in [0.2, 0.25) is 5.15 Å². The lowest BCUT2D eigenvalue weighted by Gasteiger charge is -2.02. The molecule has 1 aromatic heterocycles. The van der Waals surface area contributed by atoms with Crippen molar-refractivity contribution < 1.29 is 14.4 Å². The third-order valence-corrected chi connectivity index (χ3v) is 3.66. The fourth-order valence-corrected chi connectivity index (χ4v) is 2.30. The number of oxime groups is 1. The molecule has 0 unspecified atom stereocenters. The Morgan fingerprint density at radius 2 is 1.92 bits per heavy atom. The van der Waals surface area contributed by atoms with Gasteiger partial charge in [-0.05, 0) is 36.4 Å². The number of halogens is 1. The normalized spacial score (nSPS) is 10.9. The molecule has 24 heavy (non-hydrogen) atoms. The second-order valence-electron chi connectivity index (χ2n) is 4.90. The first kappa shape index (κ1) is 16.0. The van der Waals surface area contributed by atoms with E-state index in [2.05, 4.69) is 10.1 Å². The van der Waals surface area contributed by atoms with Crippen molar-refractivity contribution in [2.24, 2.45) is 5.16 Å². The van der Waals surface area contributed by atoms with Gasteiger partial charge in [0.05, 0.1) is 24.4 Å². The summed E-state index contributed by atoms with van der Waals surface area (Å²) in [6.45, 7) is 0. The molecule has 120 valence electrons. The number of hydrogen-bond donors (Lipinski definition) is 0. The van der Waals surface area contributed by atoms with Gasteiger partial charge < -0.3 is 9.57 Å². The topological polar surface area (TPSA) is 60.8 Å². The van der Waals surface area contributed by atoms with Gasteiger partial charge in [-0.2, -0.15) is 0 Å². The molecule has 0 bridgehead atoms. The zero-order valence-electron chi connectivity index (χ0n) is 12.8. The van der Waals surface area contributed by atoms with E-state index in [1.54, 1.807) is 31.4 Å². The Kier molecular flexibility index (Phi) is 4.72. The van der Waals surface area contributed by atoms with Crippen LogP contribution in [0.5, 0.6) is 5.75 Å². The minimum atomic E-state index is -0.571. The first-order valence-corrected chi connectivity index (χ1v) is 7.49. The number of carbonyl (C=O) groups excluding carboxylic acids is 1. The maximum absolute atomic E-state index is 11.9. The SMILES string of the molecule is COc1ccc(C(=O)O/N=C/c2cc3ccccc3nc2Cl)cc1. The quantitative estimate of drug-likeness (QED) is 0.310. The molecule has 0 fully saturated rings. The predicted octanol–water partition coefficient (Wildman–Crippen LogP) is 4.09. The standard InChI is InChI=1S/C18H13ClN2O3/c1-23-15-8-6-12(7-9-15)18(22)24-20-11-14-10-13-4-2-3-5-16(13)21-17(14)19/h2-11H,1H3/b20-11+. The molecule has 0 saturated heterocycles. The van der Waals surface area contributed by atoms with Crippen molar-refractivity contribution in [2.75, 3.05) is 7.11 Å². The van der Waals surface area contributed by atoms with Crippen molar-refractivity contribution in [1.29, 1.82) is 0 Å². The molecular formula is C18H13ClN2O3. The van der Waals surface area contributed by atoms with Crippen molar-refractivity contribution in [2.45, 2.75) is 0 Å². The van der Waals surface area contributed by atoms with Crippen LogP contribution in [0.15, 0.2) is 59.8 Å². The van der Waals surface area contributed by atoms with Gasteiger partial charge >= 0.3 is 5.97 Å². The Bertz CT molecular complexity index is 908. The molecule has 0 aliphatic heterocycles. The van der Waals surface area contributed by atoms with Crippen molar-refractivity contribution in [1.82, 2.24) is 4.98 Å². The number of para-hydroxylation sites is 1. The van der Waals surface area contributed by atoms with E-state index in [0.717, 1.165) is 10.9 Å². The van der Waals surface area contributed by atoms with E-state index in [1.165, 1.54) is 6.21 Å². The molecule has 3 aromatic rings. The number of hydrogen-bond acceptors (Lipinski definition) is 5. The highest BCUT2D eigenvalue weighted by molar-refractivity contribution is 6.32. The minimum absolute atomic E-state index is 0.290. The molecular weight excluding hydrogens is 328 g/mol. The van der Waals surface area contributed by atoms with Crippen LogP contribution in [-0.4, -0.2) is 24.3 Å². The fraction of sp³-hybridized carbons (Fsp3) is 0.0556. The van der Waals surface area contributed by atoms with Gasteiger partial charge in [0, 0.05) is 10.9 Å². The van der Waals surface area contributed by atoms with Crippen molar-refractivity contribution in [3.8, 4) is 5.75 Å². The number of carbonyl (C=O) groups is 1. The summed E-state index contributed by atoms with van der Waals surface area (Å²) in [5.74, 6) is 0.0860. The van der Waals surface area contributed by atoms with E-state index in [4.69, 9.17) is 21.2 Å². The first-order chi connectivity index (χ1) is 11.7. The Balaban J connectivity index is 1.73. The van der Waals surface area contributed by atoms with Crippen LogP contribution in [0.25, 0.3) is 10.9 Å². The van der Waals surface area contributed by atoms with Gasteiger partial charge in [0.1, 0.15) is 10.9 Å². The monoisotopic (exact) mass is 340 g/mol. The summed E-state index contributed by atoms with van der Waals surface area (Å²) in [6.07, 6.45) is 1.36. The fourth-order valence-electron chi connectivity index (χ4n) is 2.11. The lowest BCUT2D eigenvalue weighted by molar-refractivity contribution is 0.0519. The molecule has 0 atom stereocenters. The number of ether oxygens (including phenoxy) is 1. The van der Waals surface area contributed by atoms with Crippen molar-refractivity contribution in [3.05, 3.63) is 70.9 Å². The number of nitrogens with zero attached hydrogens (tertiary/aromatic N) is 2. The summed E-state index contributed by atoms with van der Waals surface area (Å²) in [5, 5.41) is 4.91. The molecule has 6 heteroatoms. The van der Waals surface area contributed by atoms with Crippen LogP contribution in [-0.2, 0) is 4.84 Å². The van der Waals surface area contributed by atoms with E-state index in [9.17, 15) is 4.79 Å². The number of fused-ring (bicyclic) bond motifs is 1. The number of benzene rings is 2. The molecule has 1 heterocycles. The predicted molar refractivity (Wildman–Crippen MR) is 92.8 cm³/mol. The third-order valence-electron chi connectivity index (χ3n) is 3.36. The van der Waals surface area contributed by atoms with Crippen LogP contribution < -0.4 is 4.74 Å². The second-order valence-corrected chi connectivity index (χ2v) is 5.26. The molecule has 2 aromatic carbocycles. The zero-order valence-corrected chi connectivity index (χ0v) is 13.5. The smallest absolute Gasteiger partial charge is 0.365 e. The lowest BCUT2D eigenvalue weighted by atomic mass is 10.2. The Hall–Kier alpha value is -2.92. The number of pyridine rings is 1. The molecule has 3 rings (SSSR count). The maximum atomic E-state index is 11.9. The number of rotatable bonds is 4. The van der Waals surface area contributed by atoms with Crippen LogP contribution >= 0.6 is 11.6 Å². The van der Waals surface area contributed by atoms with E-state index in [-0.39, 0.29) is 5.15 Å². The molecule has 0 aliphatic rings. The van der Waals surface area contributed by atoms with Gasteiger partial charge in [0.2, 0.25) is 0 Å². The third kappa shape index (κ3) is 3.52. The Morgan fingerprint density at radius 3 is 2.67 bits per heavy atom. The van der Waals surface area contributed by atoms with Crippen molar-refractivity contribution >= 4 is 34.7 Å². The summed E-state index contributed by atoms with van der Waals surface area (Å²) in [5.41, 5.74) is 1.73. The number of aromatic nitrogens is 1. The van der Waals surface area contributed by atoms with Gasteiger partial charge in [-0.15, -0.1) is 0 Å². The minimum Gasteiger partial charge on any atom is -0.497 e. The molecule has 0 saturated carbocycles. The average Bonchev–Trinajstić information content (AvgIpc) is 2.62. The summed E-state index contributed by atoms with van der Waals surface area (Å²) in [4.78, 5) is 21.1. The van der Waals surface area contributed by atoms with Crippen LogP contribution in [0.3, 0.4) is 0 Å². The van der Waals surface area contributed by atoms with Crippen LogP contribution in [0, 0.1) is 0 Å². The largest absolute Gasteiger partial charge is 0.497 e. The van der Waals surface area contributed by atoms with Crippen molar-refractivity contribution in [3.63, 3.8) is 0 Å². The molecule has 0 amide bonds. The van der Waals surface area contributed by atoms with E-state index < -0.39 is 5.97 Å². The molecule has 0 aliphatic carbocycles. The van der Waals surface area contributed by atoms with E-state index in [1.807, 2.05) is 30.3 Å². The van der Waals surface area contributed by atoms with E-state index in [0.29, 0.717) is 16.9 Å².